The van der Waals surface area contributed by atoms with Gasteiger partial charge in [-0.05, 0) is 0 Å². The molecule has 0 aliphatic carbocycles. The minimum Gasteiger partial charge on any atom is -0.311 e. The summed E-state index contributed by atoms with van der Waals surface area (Å²) in [5.41, 5.74) is 0. The Bertz CT molecular complexity index is 459. The van der Waals surface area contributed by atoms with Crippen LogP contribution in [0.3, 0.4) is 0 Å². The Hall–Kier alpha value is 0.290. The van der Waals surface area contributed by atoms with Gasteiger partial charge in [-0.25, -0.2) is 13.7 Å². The molecule has 1 aliphatic rings. The van der Waals surface area contributed by atoms with Crippen molar-refractivity contribution >= 4 is 23.5 Å². The Labute approximate surface area is 117 Å². The fourth-order valence-corrected chi connectivity index (χ4v) is 3.36. The topological polar surface area (TPSA) is 212 Å². The van der Waals surface area contributed by atoms with Crippen LogP contribution in [0.5, 0.6) is 0 Å². The van der Waals surface area contributed by atoms with Gasteiger partial charge in [-0.3, -0.25) is 13.6 Å². The van der Waals surface area contributed by atoms with Crippen LogP contribution in [0, 0.1) is 0 Å². The van der Waals surface area contributed by atoms with E-state index in [0.717, 1.165) is 0 Å². The van der Waals surface area contributed by atoms with E-state index < -0.39 is 41.8 Å². The molecular formula is C5H14NO12P3. The van der Waals surface area contributed by atoms with Crippen molar-refractivity contribution in [3.05, 3.63) is 0 Å². The third kappa shape index (κ3) is 7.91. The smallest absolute Gasteiger partial charge is 0.311 e. The maximum atomic E-state index is 10.9. The van der Waals surface area contributed by atoms with E-state index in [1.165, 1.54) is 0 Å². The zero-order valence-electron chi connectivity index (χ0n) is 10.1. The fraction of sp³-hybridized carbons (Fsp3) is 1.00. The van der Waals surface area contributed by atoms with Crippen LogP contribution in [0.2, 0.25) is 0 Å². The molecule has 1 heterocycles. The Balaban J connectivity index is 2.98. The molecule has 7 N–H and O–H groups in total. The first-order valence-corrected chi connectivity index (χ1v) is 9.78. The van der Waals surface area contributed by atoms with Gasteiger partial charge < -0.3 is 34.7 Å². The maximum Gasteiger partial charge on any atom is 0.470 e. The molecule has 0 saturated carbocycles. The first-order valence-electron chi connectivity index (χ1n) is 5.19. The molecule has 0 unspecified atom stereocenters. The van der Waals surface area contributed by atoms with Crippen LogP contribution >= 0.6 is 23.5 Å². The predicted octanol–water partition coefficient (Wildman–Crippen LogP) is -1.98. The van der Waals surface area contributed by atoms with Gasteiger partial charge in [0.2, 0.25) is 0 Å². The van der Waals surface area contributed by atoms with Crippen LogP contribution in [-0.4, -0.2) is 60.8 Å². The SMILES string of the molecule is O=P(O)(O)OC1[C@H](OP(=O)(O)O)CNC[C@H]1OP(=O)(O)O. The quantitative estimate of drug-likeness (QED) is 0.252. The van der Waals surface area contributed by atoms with Gasteiger partial charge in [0.15, 0.2) is 0 Å². The highest BCUT2D eigenvalue weighted by molar-refractivity contribution is 7.47. The molecule has 13 nitrogen and oxygen atoms in total. The highest BCUT2D eigenvalue weighted by atomic mass is 31.2. The maximum absolute atomic E-state index is 10.9. The third-order valence-corrected chi connectivity index (χ3v) is 3.84. The second-order valence-corrected chi connectivity index (χ2v) is 7.56. The van der Waals surface area contributed by atoms with E-state index in [-0.39, 0.29) is 13.1 Å². The monoisotopic (exact) mass is 373 g/mol. The van der Waals surface area contributed by atoms with Crippen LogP contribution < -0.4 is 5.32 Å². The van der Waals surface area contributed by atoms with Crippen molar-refractivity contribution in [2.45, 2.75) is 18.3 Å². The van der Waals surface area contributed by atoms with E-state index in [9.17, 15) is 13.7 Å². The van der Waals surface area contributed by atoms with E-state index >= 15 is 0 Å². The van der Waals surface area contributed by atoms with E-state index in [1.54, 1.807) is 0 Å². The van der Waals surface area contributed by atoms with Gasteiger partial charge in [0.25, 0.3) is 0 Å². The van der Waals surface area contributed by atoms with Crippen molar-refractivity contribution in [3.63, 3.8) is 0 Å². The first-order chi connectivity index (χ1) is 9.27. The number of piperidine rings is 1. The van der Waals surface area contributed by atoms with Crippen molar-refractivity contribution in [1.82, 2.24) is 5.32 Å². The summed E-state index contributed by atoms with van der Waals surface area (Å²) in [6.45, 7) is -0.590. The van der Waals surface area contributed by atoms with Crippen molar-refractivity contribution in [2.24, 2.45) is 0 Å². The zero-order valence-corrected chi connectivity index (χ0v) is 12.8. The molecule has 126 valence electrons. The molecular weight excluding hydrogens is 359 g/mol. The standard InChI is InChI=1S/C5H14NO12P3/c7-19(8,9)16-3-1-6-2-4(17-20(10,11)12)5(3)18-21(13,14)15/h3-6H,1-2H2,(H2,7,8,9)(H2,10,11,12)(H2,13,14,15)/t3-,4-/m1/s1. The third-order valence-electron chi connectivity index (χ3n) is 2.23. The van der Waals surface area contributed by atoms with Crippen molar-refractivity contribution in [1.29, 1.82) is 0 Å². The highest BCUT2D eigenvalue weighted by Gasteiger charge is 2.44. The molecule has 0 aromatic carbocycles. The molecule has 0 aromatic rings. The summed E-state index contributed by atoms with van der Waals surface area (Å²) in [6.07, 6.45) is -5.03. The Kier molecular flexibility index (Phi) is 6.27. The molecule has 0 amide bonds. The van der Waals surface area contributed by atoms with Gasteiger partial charge in [0, 0.05) is 13.1 Å². The summed E-state index contributed by atoms with van der Waals surface area (Å²) < 4.78 is 45.3. The van der Waals surface area contributed by atoms with Gasteiger partial charge in [-0.1, -0.05) is 0 Å². The Morgan fingerprint density at radius 2 is 1.05 bits per heavy atom. The second kappa shape index (κ2) is 6.81. The summed E-state index contributed by atoms with van der Waals surface area (Å²) in [5, 5.41) is 2.48. The number of phosphoric acid groups is 3. The summed E-state index contributed by atoms with van der Waals surface area (Å²) in [5.74, 6) is 0. The average Bonchev–Trinajstić information content (AvgIpc) is 2.16. The summed E-state index contributed by atoms with van der Waals surface area (Å²) >= 11 is 0. The molecule has 21 heavy (non-hydrogen) atoms. The summed E-state index contributed by atoms with van der Waals surface area (Å²) in [7, 11) is -15.2. The molecule has 0 spiro atoms. The van der Waals surface area contributed by atoms with Crippen LogP contribution in [-0.2, 0) is 27.3 Å². The van der Waals surface area contributed by atoms with Crippen molar-refractivity contribution in [2.75, 3.05) is 13.1 Å². The highest BCUT2D eigenvalue weighted by Crippen LogP contribution is 2.47. The number of nitrogens with one attached hydrogen (secondary N) is 1. The minimum atomic E-state index is -5.13. The number of hydrogen-bond donors (Lipinski definition) is 7. The zero-order chi connectivity index (χ0) is 16.5. The van der Waals surface area contributed by atoms with E-state index in [0.29, 0.717) is 0 Å². The van der Waals surface area contributed by atoms with Crippen LogP contribution in [0.1, 0.15) is 0 Å². The summed E-state index contributed by atoms with van der Waals surface area (Å²) in [6, 6.07) is 0. The van der Waals surface area contributed by atoms with Gasteiger partial charge in [0.05, 0.1) is 0 Å². The fourth-order valence-electron chi connectivity index (χ4n) is 1.68. The molecule has 16 heteroatoms. The van der Waals surface area contributed by atoms with Crippen molar-refractivity contribution < 1.29 is 56.6 Å². The van der Waals surface area contributed by atoms with Crippen LogP contribution in [0.25, 0.3) is 0 Å². The molecule has 0 aromatic heterocycles. The number of rotatable bonds is 6. The van der Waals surface area contributed by atoms with Gasteiger partial charge in [0.1, 0.15) is 18.3 Å². The average molecular weight is 373 g/mol. The van der Waals surface area contributed by atoms with Crippen molar-refractivity contribution in [3.8, 4) is 0 Å². The first kappa shape index (κ1) is 19.3. The molecule has 1 fully saturated rings. The van der Waals surface area contributed by atoms with Gasteiger partial charge in [-0.2, -0.15) is 0 Å². The summed E-state index contributed by atoms with van der Waals surface area (Å²) in [4.78, 5) is 52.4. The van der Waals surface area contributed by atoms with E-state index in [4.69, 9.17) is 29.4 Å². The molecule has 0 bridgehead atoms. The lowest BCUT2D eigenvalue weighted by atomic mass is 10.0. The number of phosphoric ester groups is 3. The largest absolute Gasteiger partial charge is 0.470 e. The van der Waals surface area contributed by atoms with Gasteiger partial charge >= 0.3 is 23.5 Å². The minimum absolute atomic E-state index is 0.295. The Morgan fingerprint density at radius 1 is 0.714 bits per heavy atom. The number of hydrogen-bond acceptors (Lipinski definition) is 7. The molecule has 2 atom stereocenters. The lowest BCUT2D eigenvalue weighted by molar-refractivity contribution is -0.0666. The van der Waals surface area contributed by atoms with Crippen LogP contribution in [0.4, 0.5) is 0 Å². The van der Waals surface area contributed by atoms with E-state index in [1.807, 2.05) is 0 Å². The molecule has 0 radical (unpaired) electrons. The molecule has 1 saturated heterocycles. The lowest BCUT2D eigenvalue weighted by Crippen LogP contribution is -2.55. The van der Waals surface area contributed by atoms with Crippen LogP contribution in [0.15, 0.2) is 0 Å². The molecule has 1 rings (SSSR count). The molecule has 1 aliphatic heterocycles. The normalized spacial score (nSPS) is 26.0. The van der Waals surface area contributed by atoms with Gasteiger partial charge in [-0.15, -0.1) is 0 Å². The second-order valence-electron chi connectivity index (χ2n) is 3.99. The lowest BCUT2D eigenvalue weighted by Gasteiger charge is -2.37. The Morgan fingerprint density at radius 3 is 1.33 bits per heavy atom. The van der Waals surface area contributed by atoms with E-state index in [2.05, 4.69) is 18.9 Å². The predicted molar refractivity (Wildman–Crippen MR) is 63.6 cm³/mol.